The first kappa shape index (κ1) is 21.3. The van der Waals surface area contributed by atoms with E-state index in [2.05, 4.69) is 51.6 Å². The molecule has 0 saturated carbocycles. The first-order valence-corrected chi connectivity index (χ1v) is 12.0. The standard InChI is InChI=1S/C30H21N5O2/c1-3-9-20(10-4-1)17-32-36-18-25-33-29-27-26(22-12-5-2-6-13-22)24-16-15-21-11-7-8-14-23(21)28(24)37-30(27)31-19-35(29)34-25/h1-17,19,26H,18H2/b32-17-/t26-/m1/s1. The largest absolute Gasteiger partial charge is 0.438 e. The van der Waals surface area contributed by atoms with Gasteiger partial charge in [0.2, 0.25) is 5.88 Å². The van der Waals surface area contributed by atoms with Gasteiger partial charge in [0.05, 0.1) is 11.8 Å². The van der Waals surface area contributed by atoms with Crippen LogP contribution in [0.2, 0.25) is 0 Å². The number of benzene rings is 4. The molecule has 4 aromatic carbocycles. The van der Waals surface area contributed by atoms with Crippen LogP contribution in [0.5, 0.6) is 11.6 Å². The normalized spacial score (nSPS) is 14.4. The molecular weight excluding hydrogens is 462 g/mol. The molecule has 0 spiro atoms. The van der Waals surface area contributed by atoms with Crippen LogP contribution in [0.4, 0.5) is 0 Å². The molecule has 7 nitrogen and oxygen atoms in total. The van der Waals surface area contributed by atoms with E-state index in [-0.39, 0.29) is 12.5 Å². The Labute approximate surface area is 212 Å². The Morgan fingerprint density at radius 3 is 2.54 bits per heavy atom. The van der Waals surface area contributed by atoms with Crippen molar-refractivity contribution in [2.45, 2.75) is 12.5 Å². The molecule has 178 valence electrons. The Bertz CT molecular complexity index is 1760. The third-order valence-corrected chi connectivity index (χ3v) is 6.54. The topological polar surface area (TPSA) is 73.9 Å². The van der Waals surface area contributed by atoms with Crippen LogP contribution in [0, 0.1) is 0 Å². The lowest BCUT2D eigenvalue weighted by Crippen LogP contribution is -2.15. The van der Waals surface area contributed by atoms with Crippen molar-refractivity contribution >= 4 is 22.6 Å². The number of fused-ring (bicyclic) bond motifs is 6. The van der Waals surface area contributed by atoms with Crippen LogP contribution in [-0.4, -0.2) is 25.8 Å². The summed E-state index contributed by atoms with van der Waals surface area (Å²) in [6.45, 7) is 0.137. The lowest BCUT2D eigenvalue weighted by Gasteiger charge is -2.28. The van der Waals surface area contributed by atoms with E-state index in [0.717, 1.165) is 38.8 Å². The van der Waals surface area contributed by atoms with Crippen molar-refractivity contribution in [3.63, 3.8) is 0 Å². The average Bonchev–Trinajstić information content (AvgIpc) is 3.38. The zero-order valence-electron chi connectivity index (χ0n) is 19.7. The van der Waals surface area contributed by atoms with Gasteiger partial charge in [-0.1, -0.05) is 102 Å². The summed E-state index contributed by atoms with van der Waals surface area (Å²) >= 11 is 0. The highest BCUT2D eigenvalue weighted by molar-refractivity contribution is 5.91. The molecular formula is C30H21N5O2. The minimum absolute atomic E-state index is 0.116. The zero-order valence-corrected chi connectivity index (χ0v) is 19.7. The Kier molecular flexibility index (Phi) is 5.10. The molecule has 0 N–H and O–H groups in total. The summed E-state index contributed by atoms with van der Waals surface area (Å²) in [5.41, 5.74) is 4.72. The fourth-order valence-corrected chi connectivity index (χ4v) is 4.88. The van der Waals surface area contributed by atoms with Crippen LogP contribution in [0.3, 0.4) is 0 Å². The highest BCUT2D eigenvalue weighted by Gasteiger charge is 2.34. The van der Waals surface area contributed by atoms with E-state index in [1.54, 1.807) is 17.1 Å². The van der Waals surface area contributed by atoms with Crippen molar-refractivity contribution in [1.29, 1.82) is 0 Å². The van der Waals surface area contributed by atoms with Gasteiger partial charge in [0.25, 0.3) is 0 Å². The van der Waals surface area contributed by atoms with Crippen LogP contribution in [-0.2, 0) is 11.4 Å². The highest BCUT2D eigenvalue weighted by Crippen LogP contribution is 2.50. The fourth-order valence-electron chi connectivity index (χ4n) is 4.88. The van der Waals surface area contributed by atoms with Gasteiger partial charge in [0.1, 0.15) is 12.1 Å². The molecule has 1 aliphatic heterocycles. The Hall–Kier alpha value is -5.04. The molecule has 0 radical (unpaired) electrons. The van der Waals surface area contributed by atoms with E-state index in [9.17, 15) is 0 Å². The number of hydrogen-bond donors (Lipinski definition) is 0. The van der Waals surface area contributed by atoms with Crippen LogP contribution in [0.1, 0.15) is 34.0 Å². The van der Waals surface area contributed by atoms with E-state index in [4.69, 9.17) is 14.6 Å². The molecule has 1 aliphatic rings. The van der Waals surface area contributed by atoms with Crippen molar-refractivity contribution in [3.05, 3.63) is 131 Å². The average molecular weight is 484 g/mol. The summed E-state index contributed by atoms with van der Waals surface area (Å²) in [7, 11) is 0. The Morgan fingerprint density at radius 2 is 1.68 bits per heavy atom. The van der Waals surface area contributed by atoms with Gasteiger partial charge >= 0.3 is 0 Å². The molecule has 3 heterocycles. The molecule has 37 heavy (non-hydrogen) atoms. The SMILES string of the molecule is C(=N/OCc1nc2c3c(ncn2n1)Oc1c(ccc2ccccc12)[C@H]3c1ccccc1)/c1ccccc1. The van der Waals surface area contributed by atoms with Gasteiger partial charge in [-0.25, -0.2) is 14.5 Å². The zero-order chi connectivity index (χ0) is 24.6. The van der Waals surface area contributed by atoms with Gasteiger partial charge in [-0.2, -0.15) is 0 Å². The van der Waals surface area contributed by atoms with Crippen molar-refractivity contribution in [3.8, 4) is 11.6 Å². The Morgan fingerprint density at radius 1 is 0.892 bits per heavy atom. The number of nitrogens with zero attached hydrogens (tertiary/aromatic N) is 5. The second kappa shape index (κ2) is 8.87. The van der Waals surface area contributed by atoms with Crippen LogP contribution in [0.15, 0.2) is 109 Å². The third-order valence-electron chi connectivity index (χ3n) is 6.54. The summed E-state index contributed by atoms with van der Waals surface area (Å²) < 4.78 is 8.14. The molecule has 2 aromatic heterocycles. The fraction of sp³-hybridized carbons (Fsp3) is 0.0667. The summed E-state index contributed by atoms with van der Waals surface area (Å²) in [5, 5.41) is 10.8. The molecule has 7 rings (SSSR count). The molecule has 0 amide bonds. The predicted octanol–water partition coefficient (Wildman–Crippen LogP) is 6.11. The van der Waals surface area contributed by atoms with Gasteiger partial charge < -0.3 is 9.57 Å². The summed E-state index contributed by atoms with van der Waals surface area (Å²) in [5.74, 6) is 1.76. The maximum absolute atomic E-state index is 6.46. The molecule has 0 unspecified atom stereocenters. The number of aromatic nitrogens is 4. The first-order valence-electron chi connectivity index (χ1n) is 12.0. The van der Waals surface area contributed by atoms with Crippen molar-refractivity contribution in [1.82, 2.24) is 19.6 Å². The van der Waals surface area contributed by atoms with Crippen LogP contribution < -0.4 is 4.74 Å². The van der Waals surface area contributed by atoms with Crippen molar-refractivity contribution in [2.75, 3.05) is 0 Å². The van der Waals surface area contributed by atoms with Crippen LogP contribution in [0.25, 0.3) is 16.4 Å². The monoisotopic (exact) mass is 483 g/mol. The molecule has 7 heteroatoms. The van der Waals surface area contributed by atoms with E-state index >= 15 is 0 Å². The molecule has 0 bridgehead atoms. The highest BCUT2D eigenvalue weighted by atomic mass is 16.6. The van der Waals surface area contributed by atoms with Gasteiger partial charge in [-0.3, -0.25) is 0 Å². The number of ether oxygens (including phenoxy) is 1. The molecule has 1 atom stereocenters. The number of oxime groups is 1. The maximum atomic E-state index is 6.46. The summed E-state index contributed by atoms with van der Waals surface area (Å²) in [6, 6.07) is 32.7. The minimum Gasteiger partial charge on any atom is -0.438 e. The number of hydrogen-bond acceptors (Lipinski definition) is 6. The lowest BCUT2D eigenvalue weighted by atomic mass is 9.83. The number of rotatable bonds is 5. The van der Waals surface area contributed by atoms with E-state index < -0.39 is 0 Å². The van der Waals surface area contributed by atoms with E-state index in [0.29, 0.717) is 17.4 Å². The maximum Gasteiger partial charge on any atom is 0.228 e. The predicted molar refractivity (Wildman–Crippen MR) is 141 cm³/mol. The molecule has 6 aromatic rings. The second-order valence-corrected chi connectivity index (χ2v) is 8.83. The van der Waals surface area contributed by atoms with Gasteiger partial charge in [-0.15, -0.1) is 5.10 Å². The smallest absolute Gasteiger partial charge is 0.228 e. The van der Waals surface area contributed by atoms with E-state index in [1.807, 2.05) is 60.7 Å². The lowest BCUT2D eigenvalue weighted by molar-refractivity contribution is 0.126. The molecule has 0 fully saturated rings. The van der Waals surface area contributed by atoms with E-state index in [1.165, 1.54) is 0 Å². The first-order chi connectivity index (χ1) is 18.3. The van der Waals surface area contributed by atoms with Gasteiger partial charge in [0.15, 0.2) is 18.1 Å². The van der Waals surface area contributed by atoms with Crippen molar-refractivity contribution < 1.29 is 9.57 Å². The van der Waals surface area contributed by atoms with Gasteiger partial charge in [-0.05, 0) is 16.5 Å². The molecule has 0 aliphatic carbocycles. The van der Waals surface area contributed by atoms with Crippen molar-refractivity contribution in [2.24, 2.45) is 5.16 Å². The third kappa shape index (κ3) is 3.77. The minimum atomic E-state index is -0.116. The Balaban J connectivity index is 1.31. The van der Waals surface area contributed by atoms with Gasteiger partial charge in [0, 0.05) is 16.9 Å². The second-order valence-electron chi connectivity index (χ2n) is 8.83. The molecule has 0 saturated heterocycles. The van der Waals surface area contributed by atoms with Crippen LogP contribution >= 0.6 is 0 Å². The summed E-state index contributed by atoms with van der Waals surface area (Å²) in [6.07, 6.45) is 3.30. The quantitative estimate of drug-likeness (QED) is 0.218. The summed E-state index contributed by atoms with van der Waals surface area (Å²) in [4.78, 5) is 15.0.